The van der Waals surface area contributed by atoms with Crippen LogP contribution in [0.3, 0.4) is 0 Å². The van der Waals surface area contributed by atoms with E-state index in [1.54, 1.807) is 24.3 Å². The number of rotatable bonds is 8. The molecule has 1 atom stereocenters. The standard InChI is InChI=1S/C25H32ClN3O3S/c26-24-7-3-5-22(15-24)19-33(31,32)29-14-4-6-23(18-29)25(30)27-16-20-8-10-21(11-9-20)17-28-12-1-2-13-28/h3,5,7-11,15,23H,1-2,4,6,12-14,16-19H2,(H,27,30)/t23-/m1/s1. The summed E-state index contributed by atoms with van der Waals surface area (Å²) in [5.41, 5.74) is 3.00. The van der Waals surface area contributed by atoms with Crippen LogP contribution < -0.4 is 5.32 Å². The van der Waals surface area contributed by atoms with Crippen molar-refractivity contribution in [3.63, 3.8) is 0 Å². The van der Waals surface area contributed by atoms with Crippen LogP contribution in [0.1, 0.15) is 42.4 Å². The van der Waals surface area contributed by atoms with Crippen molar-refractivity contribution in [3.05, 3.63) is 70.2 Å². The molecule has 0 saturated carbocycles. The summed E-state index contributed by atoms with van der Waals surface area (Å²) in [7, 11) is -3.51. The normalized spacial score (nSPS) is 20.1. The smallest absolute Gasteiger partial charge is 0.224 e. The fraction of sp³-hybridized carbons (Fsp3) is 0.480. The van der Waals surface area contributed by atoms with Crippen LogP contribution in [-0.4, -0.2) is 49.7 Å². The predicted octanol–water partition coefficient (Wildman–Crippen LogP) is 3.79. The number of halogens is 1. The lowest BCUT2D eigenvalue weighted by Gasteiger charge is -2.31. The number of likely N-dealkylation sites (tertiary alicyclic amines) is 1. The highest BCUT2D eigenvalue weighted by molar-refractivity contribution is 7.88. The second-order valence-corrected chi connectivity index (χ2v) is 11.5. The molecule has 0 spiro atoms. The summed E-state index contributed by atoms with van der Waals surface area (Å²) >= 11 is 5.99. The number of nitrogens with one attached hydrogen (secondary N) is 1. The number of benzene rings is 2. The zero-order valence-corrected chi connectivity index (χ0v) is 20.5. The zero-order chi connectivity index (χ0) is 23.3. The van der Waals surface area contributed by atoms with Gasteiger partial charge in [-0.05, 0) is 67.6 Å². The van der Waals surface area contributed by atoms with Gasteiger partial charge in [0.05, 0.1) is 11.7 Å². The Hall–Kier alpha value is -1.93. The van der Waals surface area contributed by atoms with Crippen LogP contribution in [0, 0.1) is 5.92 Å². The molecular weight excluding hydrogens is 458 g/mol. The van der Waals surface area contributed by atoms with Crippen molar-refractivity contribution in [1.29, 1.82) is 0 Å². The molecule has 0 bridgehead atoms. The van der Waals surface area contributed by atoms with Crippen LogP contribution in [0.2, 0.25) is 5.02 Å². The molecule has 2 aliphatic rings. The van der Waals surface area contributed by atoms with E-state index in [9.17, 15) is 13.2 Å². The minimum Gasteiger partial charge on any atom is -0.352 e. The van der Waals surface area contributed by atoms with Gasteiger partial charge in [-0.1, -0.05) is 48.0 Å². The number of amides is 1. The van der Waals surface area contributed by atoms with E-state index in [4.69, 9.17) is 11.6 Å². The Morgan fingerprint density at radius 1 is 0.970 bits per heavy atom. The third-order valence-corrected chi connectivity index (χ3v) is 8.53. The van der Waals surface area contributed by atoms with Gasteiger partial charge in [0.1, 0.15) is 0 Å². The van der Waals surface area contributed by atoms with E-state index < -0.39 is 10.0 Å². The maximum atomic E-state index is 12.9. The van der Waals surface area contributed by atoms with Gasteiger partial charge < -0.3 is 5.32 Å². The van der Waals surface area contributed by atoms with Crippen molar-refractivity contribution in [2.45, 2.75) is 44.5 Å². The van der Waals surface area contributed by atoms with Gasteiger partial charge in [0.25, 0.3) is 0 Å². The van der Waals surface area contributed by atoms with E-state index in [-0.39, 0.29) is 24.1 Å². The Bertz CT molecular complexity index is 1050. The fourth-order valence-electron chi connectivity index (χ4n) is 4.63. The molecule has 0 aliphatic carbocycles. The van der Waals surface area contributed by atoms with Crippen LogP contribution in [0.15, 0.2) is 48.5 Å². The van der Waals surface area contributed by atoms with Gasteiger partial charge in [-0.25, -0.2) is 12.7 Å². The number of hydrogen-bond donors (Lipinski definition) is 1. The van der Waals surface area contributed by atoms with Crippen molar-refractivity contribution < 1.29 is 13.2 Å². The average Bonchev–Trinajstić information content (AvgIpc) is 3.31. The van der Waals surface area contributed by atoms with E-state index in [2.05, 4.69) is 34.5 Å². The van der Waals surface area contributed by atoms with Crippen LogP contribution in [0.4, 0.5) is 0 Å². The topological polar surface area (TPSA) is 69.7 Å². The van der Waals surface area contributed by atoms with Crippen LogP contribution in [0.5, 0.6) is 0 Å². The van der Waals surface area contributed by atoms with Crippen molar-refractivity contribution in [2.75, 3.05) is 26.2 Å². The van der Waals surface area contributed by atoms with Gasteiger partial charge in [-0.15, -0.1) is 0 Å². The molecule has 2 heterocycles. The summed E-state index contributed by atoms with van der Waals surface area (Å²) in [5, 5.41) is 3.52. The van der Waals surface area contributed by atoms with E-state index >= 15 is 0 Å². The minimum atomic E-state index is -3.51. The molecular formula is C25H32ClN3O3S. The summed E-state index contributed by atoms with van der Waals surface area (Å²) in [6, 6.07) is 15.3. The lowest BCUT2D eigenvalue weighted by molar-refractivity contribution is -0.126. The molecule has 2 fully saturated rings. The van der Waals surface area contributed by atoms with Gasteiger partial charge in [-0.2, -0.15) is 0 Å². The molecule has 0 unspecified atom stereocenters. The first kappa shape index (κ1) is 24.2. The fourth-order valence-corrected chi connectivity index (χ4v) is 6.44. The number of carbonyl (C=O) groups excluding carboxylic acids is 1. The number of carbonyl (C=O) groups is 1. The van der Waals surface area contributed by atoms with Crippen LogP contribution in [-0.2, 0) is 33.7 Å². The Labute approximate surface area is 202 Å². The SMILES string of the molecule is O=C(NCc1ccc(CN2CCCC2)cc1)[C@@H]1CCCN(S(=O)(=O)Cc2cccc(Cl)c2)C1. The average molecular weight is 490 g/mol. The Balaban J connectivity index is 1.28. The van der Waals surface area contributed by atoms with E-state index in [0.29, 0.717) is 36.5 Å². The van der Waals surface area contributed by atoms with Gasteiger partial charge in [-0.3, -0.25) is 9.69 Å². The molecule has 4 rings (SSSR count). The summed E-state index contributed by atoms with van der Waals surface area (Å²) in [6.07, 6.45) is 3.94. The Morgan fingerprint density at radius 2 is 1.70 bits per heavy atom. The largest absolute Gasteiger partial charge is 0.352 e. The maximum Gasteiger partial charge on any atom is 0.224 e. The molecule has 1 amide bonds. The van der Waals surface area contributed by atoms with Crippen molar-refractivity contribution in [2.24, 2.45) is 5.92 Å². The van der Waals surface area contributed by atoms with Gasteiger partial charge in [0, 0.05) is 31.2 Å². The van der Waals surface area contributed by atoms with Crippen LogP contribution in [0.25, 0.3) is 0 Å². The van der Waals surface area contributed by atoms with E-state index in [1.807, 2.05) is 0 Å². The molecule has 0 radical (unpaired) electrons. The highest BCUT2D eigenvalue weighted by atomic mass is 35.5. The van der Waals surface area contributed by atoms with Gasteiger partial charge >= 0.3 is 0 Å². The highest BCUT2D eigenvalue weighted by Gasteiger charge is 2.32. The molecule has 0 aromatic heterocycles. The van der Waals surface area contributed by atoms with E-state index in [1.165, 1.54) is 35.8 Å². The molecule has 2 saturated heterocycles. The number of hydrogen-bond acceptors (Lipinski definition) is 4. The molecule has 2 aliphatic heterocycles. The van der Waals surface area contributed by atoms with Gasteiger partial charge in [0.2, 0.25) is 15.9 Å². The van der Waals surface area contributed by atoms with Crippen molar-refractivity contribution >= 4 is 27.5 Å². The summed E-state index contributed by atoms with van der Waals surface area (Å²) in [6.45, 7) is 4.45. The highest BCUT2D eigenvalue weighted by Crippen LogP contribution is 2.23. The summed E-state index contributed by atoms with van der Waals surface area (Å²) in [5.74, 6) is -0.521. The Morgan fingerprint density at radius 3 is 2.42 bits per heavy atom. The quantitative estimate of drug-likeness (QED) is 0.612. The maximum absolute atomic E-state index is 12.9. The lowest BCUT2D eigenvalue weighted by atomic mass is 9.98. The van der Waals surface area contributed by atoms with E-state index in [0.717, 1.165) is 12.1 Å². The molecule has 1 N–H and O–H groups in total. The minimum absolute atomic E-state index is 0.0844. The summed E-state index contributed by atoms with van der Waals surface area (Å²) < 4.78 is 27.3. The first-order valence-corrected chi connectivity index (χ1v) is 13.7. The predicted molar refractivity (Wildman–Crippen MR) is 131 cm³/mol. The second-order valence-electron chi connectivity index (χ2n) is 9.10. The third-order valence-electron chi connectivity index (χ3n) is 6.48. The number of piperidine rings is 1. The second kappa shape index (κ2) is 11.0. The number of nitrogens with zero attached hydrogens (tertiary/aromatic N) is 2. The van der Waals surface area contributed by atoms with Crippen molar-refractivity contribution in [1.82, 2.24) is 14.5 Å². The Kier molecular flexibility index (Phi) is 8.07. The molecule has 6 nitrogen and oxygen atoms in total. The monoisotopic (exact) mass is 489 g/mol. The first-order valence-electron chi connectivity index (χ1n) is 11.7. The third kappa shape index (κ3) is 6.79. The van der Waals surface area contributed by atoms with Crippen molar-refractivity contribution in [3.8, 4) is 0 Å². The van der Waals surface area contributed by atoms with Gasteiger partial charge in [0.15, 0.2) is 0 Å². The molecule has 2 aromatic rings. The zero-order valence-electron chi connectivity index (χ0n) is 18.9. The molecule has 2 aromatic carbocycles. The molecule has 178 valence electrons. The lowest BCUT2D eigenvalue weighted by Crippen LogP contribution is -2.45. The van der Waals surface area contributed by atoms with Crippen LogP contribution >= 0.6 is 11.6 Å². The summed E-state index contributed by atoms with van der Waals surface area (Å²) in [4.78, 5) is 15.3. The first-order chi connectivity index (χ1) is 15.9. The number of sulfonamides is 1. The molecule has 8 heteroatoms. The molecule has 33 heavy (non-hydrogen) atoms.